The fourth-order valence-corrected chi connectivity index (χ4v) is 4.11. The van der Waals surface area contributed by atoms with Gasteiger partial charge < -0.3 is 22.9 Å². The average molecular weight is 511 g/mol. The molecule has 0 aliphatic rings. The maximum atomic E-state index is 14.4. The molecule has 36 heavy (non-hydrogen) atoms. The summed E-state index contributed by atoms with van der Waals surface area (Å²) >= 11 is 1.50. The van der Waals surface area contributed by atoms with Crippen molar-refractivity contribution in [2.24, 2.45) is 7.05 Å². The molecule has 1 N–H and O–H groups in total. The number of ether oxygens (including phenoxy) is 1. The number of fused-ring (bicyclic) bond motifs is 1. The molecule has 2 aromatic carbocycles. The van der Waals surface area contributed by atoms with E-state index in [4.69, 9.17) is 13.6 Å². The molecule has 0 aliphatic carbocycles. The van der Waals surface area contributed by atoms with E-state index in [-0.39, 0.29) is 28.5 Å². The van der Waals surface area contributed by atoms with E-state index >= 15 is 0 Å². The van der Waals surface area contributed by atoms with Gasteiger partial charge in [-0.3, -0.25) is 4.79 Å². The Morgan fingerprint density at radius 1 is 1.06 bits per heavy atom. The van der Waals surface area contributed by atoms with Crippen LogP contribution in [0.1, 0.15) is 12.8 Å². The highest BCUT2D eigenvalue weighted by atomic mass is 32.2. The van der Waals surface area contributed by atoms with Crippen molar-refractivity contribution in [3.63, 3.8) is 0 Å². The molecule has 11 heteroatoms. The molecule has 0 fully saturated rings. The van der Waals surface area contributed by atoms with Gasteiger partial charge in [0.15, 0.2) is 17.3 Å². The average Bonchev–Trinajstić information content (AvgIpc) is 3.49. The summed E-state index contributed by atoms with van der Waals surface area (Å²) in [6, 6.07) is 10.0. The topological polar surface area (TPSA) is 95.3 Å². The number of benzene rings is 2. The molecule has 5 rings (SSSR count). The molecule has 0 saturated carbocycles. The van der Waals surface area contributed by atoms with Gasteiger partial charge in [0.25, 0.3) is 11.4 Å². The third kappa shape index (κ3) is 4.44. The highest BCUT2D eigenvalue weighted by molar-refractivity contribution is 8.00. The number of hydrogen-bond acceptors (Lipinski definition) is 8. The number of halogens is 2. The Morgan fingerprint density at radius 3 is 2.58 bits per heavy atom. The predicted molar refractivity (Wildman–Crippen MR) is 133 cm³/mol. The van der Waals surface area contributed by atoms with Crippen molar-refractivity contribution < 1.29 is 22.4 Å². The second kappa shape index (κ2) is 9.50. The van der Waals surface area contributed by atoms with E-state index in [9.17, 15) is 13.6 Å². The van der Waals surface area contributed by atoms with Gasteiger partial charge in [0.2, 0.25) is 11.5 Å². The Morgan fingerprint density at radius 2 is 1.86 bits per heavy atom. The van der Waals surface area contributed by atoms with Crippen molar-refractivity contribution in [2.45, 2.75) is 13.8 Å². The van der Waals surface area contributed by atoms with Gasteiger partial charge in [0, 0.05) is 54.2 Å². The van der Waals surface area contributed by atoms with E-state index < -0.39 is 11.6 Å². The van der Waals surface area contributed by atoms with Gasteiger partial charge in [-0.25, -0.2) is 8.78 Å². The maximum Gasteiger partial charge on any atom is 0.293 e. The molecule has 0 atom stereocenters. The maximum absolute atomic E-state index is 14.4. The highest BCUT2D eigenvalue weighted by Gasteiger charge is 2.21. The van der Waals surface area contributed by atoms with Gasteiger partial charge in [0.1, 0.15) is 11.6 Å². The van der Waals surface area contributed by atoms with Crippen LogP contribution in [0.4, 0.5) is 14.5 Å². The SMILES string of the molecule is CCSNc1ccc(Oc2ccc(F)cc2F)c(-c2cn(C)c(=O)c3oc(-c4nnc(C)o4)cc23)c1. The van der Waals surface area contributed by atoms with E-state index in [1.165, 1.54) is 22.6 Å². The van der Waals surface area contributed by atoms with Crippen LogP contribution >= 0.6 is 11.9 Å². The number of hydrogen-bond donors (Lipinski definition) is 1. The van der Waals surface area contributed by atoms with Gasteiger partial charge >= 0.3 is 0 Å². The Bertz CT molecular complexity index is 1640. The Hall–Kier alpha value is -4.12. The lowest BCUT2D eigenvalue weighted by Crippen LogP contribution is -2.15. The van der Waals surface area contributed by atoms with Crippen LogP contribution in [0.15, 0.2) is 62.3 Å². The van der Waals surface area contributed by atoms with E-state index in [0.29, 0.717) is 28.2 Å². The zero-order chi connectivity index (χ0) is 25.4. The van der Waals surface area contributed by atoms with Crippen molar-refractivity contribution in [2.75, 3.05) is 10.5 Å². The van der Waals surface area contributed by atoms with Gasteiger partial charge in [0.05, 0.1) is 0 Å². The van der Waals surface area contributed by atoms with E-state index in [1.807, 2.05) is 13.0 Å². The molecule has 0 spiro atoms. The van der Waals surface area contributed by atoms with Crippen LogP contribution in [-0.2, 0) is 7.05 Å². The third-order valence-electron chi connectivity index (χ3n) is 5.31. The molecule has 8 nitrogen and oxygen atoms in total. The zero-order valence-electron chi connectivity index (χ0n) is 19.5. The van der Waals surface area contributed by atoms with Crippen molar-refractivity contribution in [1.82, 2.24) is 14.8 Å². The van der Waals surface area contributed by atoms with Crippen LogP contribution in [0.3, 0.4) is 0 Å². The van der Waals surface area contributed by atoms with Crippen molar-refractivity contribution >= 4 is 28.6 Å². The molecular weight excluding hydrogens is 490 g/mol. The van der Waals surface area contributed by atoms with E-state index in [0.717, 1.165) is 23.6 Å². The first-order valence-electron chi connectivity index (χ1n) is 10.9. The lowest BCUT2D eigenvalue weighted by Gasteiger charge is -2.15. The number of anilines is 1. The van der Waals surface area contributed by atoms with Gasteiger partial charge in [-0.05, 0) is 36.4 Å². The molecular formula is C25H20F2N4O4S. The molecule has 0 saturated heterocycles. The van der Waals surface area contributed by atoms with Gasteiger partial charge in [-0.1, -0.05) is 18.9 Å². The zero-order valence-corrected chi connectivity index (χ0v) is 20.3. The summed E-state index contributed by atoms with van der Waals surface area (Å²) in [6.07, 6.45) is 1.64. The number of aromatic nitrogens is 3. The summed E-state index contributed by atoms with van der Waals surface area (Å²) in [5.41, 5.74) is 1.62. The first-order valence-corrected chi connectivity index (χ1v) is 11.9. The fraction of sp³-hybridized carbons (Fsp3) is 0.160. The molecule has 0 unspecified atom stereocenters. The van der Waals surface area contributed by atoms with Gasteiger partial charge in [-0.15, -0.1) is 10.2 Å². The first-order chi connectivity index (χ1) is 17.3. The van der Waals surface area contributed by atoms with Crippen LogP contribution in [0.5, 0.6) is 11.5 Å². The van der Waals surface area contributed by atoms with Crippen LogP contribution in [0.25, 0.3) is 33.7 Å². The first kappa shape index (κ1) is 23.6. The number of nitrogens with one attached hydrogen (secondary N) is 1. The number of rotatable bonds is 7. The lowest BCUT2D eigenvalue weighted by atomic mass is 10.0. The highest BCUT2D eigenvalue weighted by Crippen LogP contribution is 2.41. The summed E-state index contributed by atoms with van der Waals surface area (Å²) in [5.74, 6) is 0.149. The summed E-state index contributed by atoms with van der Waals surface area (Å²) in [5, 5.41) is 8.27. The molecule has 0 bridgehead atoms. The standard InChI is InChI=1S/C25H20F2N4O4S/c1-4-36-30-15-6-8-20(34-21-7-5-14(26)9-19(21)27)16(10-15)18-12-31(3)25(32)23-17(18)11-22(35-23)24-29-28-13(2)33-24/h5-12,30H,4H2,1-3H3. The number of nitrogens with zero attached hydrogens (tertiary/aromatic N) is 3. The number of pyridine rings is 1. The van der Waals surface area contributed by atoms with Crippen LogP contribution in [0.2, 0.25) is 0 Å². The molecule has 0 aliphatic heterocycles. The molecule has 3 heterocycles. The largest absolute Gasteiger partial charge is 0.454 e. The normalized spacial score (nSPS) is 11.2. The minimum atomic E-state index is -0.840. The van der Waals surface area contributed by atoms with Crippen molar-refractivity contribution in [1.29, 1.82) is 0 Å². The Labute approximate surface area is 208 Å². The number of aryl methyl sites for hydroxylation is 2. The molecule has 184 valence electrons. The van der Waals surface area contributed by atoms with Crippen LogP contribution < -0.4 is 15.0 Å². The van der Waals surface area contributed by atoms with E-state index in [2.05, 4.69) is 14.9 Å². The third-order valence-corrected chi connectivity index (χ3v) is 5.98. The summed E-state index contributed by atoms with van der Waals surface area (Å²) in [4.78, 5) is 12.9. The lowest BCUT2D eigenvalue weighted by molar-refractivity contribution is 0.439. The minimum absolute atomic E-state index is 0.0843. The summed E-state index contributed by atoms with van der Waals surface area (Å²) < 4.78 is 49.7. The minimum Gasteiger partial charge on any atom is -0.454 e. The summed E-state index contributed by atoms with van der Waals surface area (Å²) in [7, 11) is 1.60. The molecule has 3 aromatic heterocycles. The summed E-state index contributed by atoms with van der Waals surface area (Å²) in [6.45, 7) is 3.66. The quantitative estimate of drug-likeness (QED) is 0.255. The van der Waals surface area contributed by atoms with E-state index in [1.54, 1.807) is 38.4 Å². The van der Waals surface area contributed by atoms with Crippen LogP contribution in [-0.4, -0.2) is 20.5 Å². The molecule has 0 radical (unpaired) electrons. The fourth-order valence-electron chi connectivity index (χ4n) is 3.67. The monoisotopic (exact) mass is 510 g/mol. The second-order valence-electron chi connectivity index (χ2n) is 7.86. The Balaban J connectivity index is 1.71. The Kier molecular flexibility index (Phi) is 6.23. The molecule has 0 amide bonds. The van der Waals surface area contributed by atoms with Gasteiger partial charge in [-0.2, -0.15) is 0 Å². The van der Waals surface area contributed by atoms with Crippen LogP contribution in [0, 0.1) is 18.6 Å². The molecule has 5 aromatic rings. The predicted octanol–water partition coefficient (Wildman–Crippen LogP) is 6.31. The van der Waals surface area contributed by atoms with Crippen molar-refractivity contribution in [3.8, 4) is 34.3 Å². The van der Waals surface area contributed by atoms with Crippen molar-refractivity contribution in [3.05, 3.63) is 76.5 Å². The second-order valence-corrected chi connectivity index (χ2v) is 8.93. The smallest absolute Gasteiger partial charge is 0.293 e. The number of furan rings is 1.